The topological polar surface area (TPSA) is 61.6 Å². The minimum Gasteiger partial charge on any atom is -0.493 e. The van der Waals surface area contributed by atoms with Crippen LogP contribution in [0.2, 0.25) is 0 Å². The van der Waals surface area contributed by atoms with E-state index in [1.807, 2.05) is 50.2 Å². The molecule has 0 aliphatic rings. The van der Waals surface area contributed by atoms with Gasteiger partial charge in [-0.25, -0.2) is 4.98 Å². The van der Waals surface area contributed by atoms with Crippen LogP contribution in [0.25, 0.3) is 33.3 Å². The van der Waals surface area contributed by atoms with Gasteiger partial charge in [-0.2, -0.15) is 0 Å². The highest BCUT2D eigenvalue weighted by Crippen LogP contribution is 2.35. The SMILES string of the molecule is CCOC(=O)CCCCCOc1cc2ccccc2cc1-c1nc2ccc(C)cc2o1. The smallest absolute Gasteiger partial charge is 0.305 e. The lowest BCUT2D eigenvalue weighted by molar-refractivity contribution is -0.143. The van der Waals surface area contributed by atoms with Crippen molar-refractivity contribution in [1.29, 1.82) is 0 Å². The van der Waals surface area contributed by atoms with Crippen molar-refractivity contribution in [3.8, 4) is 17.2 Å². The van der Waals surface area contributed by atoms with Gasteiger partial charge < -0.3 is 13.9 Å². The molecule has 5 heteroatoms. The molecule has 160 valence electrons. The van der Waals surface area contributed by atoms with Gasteiger partial charge in [0.1, 0.15) is 11.3 Å². The number of esters is 1. The Kier molecular flexibility index (Phi) is 6.51. The van der Waals surface area contributed by atoms with E-state index in [4.69, 9.17) is 13.9 Å². The van der Waals surface area contributed by atoms with Crippen molar-refractivity contribution in [2.75, 3.05) is 13.2 Å². The zero-order chi connectivity index (χ0) is 21.6. The molecule has 0 atom stereocenters. The van der Waals surface area contributed by atoms with Crippen LogP contribution in [0, 0.1) is 6.92 Å². The van der Waals surface area contributed by atoms with Gasteiger partial charge in [0.15, 0.2) is 5.58 Å². The molecule has 4 rings (SSSR count). The molecular formula is C26H27NO4. The number of carbonyl (C=O) groups is 1. The van der Waals surface area contributed by atoms with Crippen molar-refractivity contribution in [2.45, 2.75) is 39.5 Å². The van der Waals surface area contributed by atoms with Crippen molar-refractivity contribution < 1.29 is 18.7 Å². The van der Waals surface area contributed by atoms with E-state index in [-0.39, 0.29) is 5.97 Å². The minimum absolute atomic E-state index is 0.133. The molecule has 1 aromatic heterocycles. The molecular weight excluding hydrogens is 390 g/mol. The summed E-state index contributed by atoms with van der Waals surface area (Å²) in [5, 5.41) is 2.22. The van der Waals surface area contributed by atoms with E-state index < -0.39 is 0 Å². The Morgan fingerprint density at radius 3 is 2.61 bits per heavy atom. The van der Waals surface area contributed by atoms with Crippen molar-refractivity contribution in [3.63, 3.8) is 0 Å². The summed E-state index contributed by atoms with van der Waals surface area (Å²) in [4.78, 5) is 16.1. The third-order valence-electron chi connectivity index (χ3n) is 5.21. The summed E-state index contributed by atoms with van der Waals surface area (Å²) in [6, 6.07) is 18.3. The Morgan fingerprint density at radius 1 is 1.00 bits per heavy atom. The molecule has 3 aromatic carbocycles. The van der Waals surface area contributed by atoms with Gasteiger partial charge in [-0.05, 0) is 73.7 Å². The van der Waals surface area contributed by atoms with Crippen molar-refractivity contribution >= 4 is 27.8 Å². The van der Waals surface area contributed by atoms with Crippen LogP contribution in [0.15, 0.2) is 59.0 Å². The monoisotopic (exact) mass is 417 g/mol. The Bertz CT molecular complexity index is 1190. The van der Waals surface area contributed by atoms with Crippen LogP contribution in [-0.4, -0.2) is 24.2 Å². The molecule has 0 aliphatic carbocycles. The standard InChI is InChI=1S/C26H27NO4/c1-3-29-25(28)11-5-4-8-14-30-23-17-20-10-7-6-9-19(20)16-21(23)26-27-22-13-12-18(2)15-24(22)31-26/h6-7,9-10,12-13,15-17H,3-5,8,11,14H2,1-2H3. The molecule has 0 bridgehead atoms. The highest BCUT2D eigenvalue weighted by Gasteiger charge is 2.15. The number of hydrogen-bond donors (Lipinski definition) is 0. The number of hydrogen-bond acceptors (Lipinski definition) is 5. The highest BCUT2D eigenvalue weighted by molar-refractivity contribution is 5.90. The molecule has 0 N–H and O–H groups in total. The van der Waals surface area contributed by atoms with Gasteiger partial charge in [-0.15, -0.1) is 0 Å². The van der Waals surface area contributed by atoms with E-state index in [1.165, 1.54) is 0 Å². The summed E-state index contributed by atoms with van der Waals surface area (Å²) >= 11 is 0. The second-order valence-electron chi connectivity index (χ2n) is 7.65. The summed E-state index contributed by atoms with van der Waals surface area (Å²) in [6.07, 6.45) is 3.02. The molecule has 1 heterocycles. The molecule has 0 aliphatic heterocycles. The molecule has 31 heavy (non-hydrogen) atoms. The van der Waals surface area contributed by atoms with Crippen LogP contribution < -0.4 is 4.74 Å². The third-order valence-corrected chi connectivity index (χ3v) is 5.21. The maximum Gasteiger partial charge on any atom is 0.305 e. The van der Waals surface area contributed by atoms with E-state index in [9.17, 15) is 4.79 Å². The molecule has 0 saturated heterocycles. The number of unbranched alkanes of at least 4 members (excludes halogenated alkanes) is 2. The zero-order valence-corrected chi connectivity index (χ0v) is 18.0. The van der Waals surface area contributed by atoms with Gasteiger partial charge >= 0.3 is 5.97 Å². The molecule has 0 radical (unpaired) electrons. The number of fused-ring (bicyclic) bond motifs is 2. The highest BCUT2D eigenvalue weighted by atomic mass is 16.5. The lowest BCUT2D eigenvalue weighted by Crippen LogP contribution is -2.04. The molecule has 0 amide bonds. The molecule has 0 fully saturated rings. The predicted octanol–water partition coefficient (Wildman–Crippen LogP) is 6.46. The Labute approximate surface area is 182 Å². The number of nitrogens with zero attached hydrogens (tertiary/aromatic N) is 1. The Morgan fingerprint density at radius 2 is 1.81 bits per heavy atom. The van der Waals surface area contributed by atoms with Crippen LogP contribution in [0.5, 0.6) is 5.75 Å². The first-order valence-electron chi connectivity index (χ1n) is 10.8. The average molecular weight is 418 g/mol. The fourth-order valence-electron chi connectivity index (χ4n) is 3.62. The number of rotatable bonds is 9. The molecule has 5 nitrogen and oxygen atoms in total. The van der Waals surface area contributed by atoms with Gasteiger partial charge in [0.05, 0.1) is 18.8 Å². The van der Waals surface area contributed by atoms with Crippen molar-refractivity contribution in [2.24, 2.45) is 0 Å². The first-order chi connectivity index (χ1) is 15.1. The summed E-state index contributed by atoms with van der Waals surface area (Å²) in [5.74, 6) is 1.18. The van der Waals surface area contributed by atoms with Crippen LogP contribution >= 0.6 is 0 Å². The van der Waals surface area contributed by atoms with Crippen LogP contribution in [0.3, 0.4) is 0 Å². The minimum atomic E-state index is -0.133. The second kappa shape index (κ2) is 9.65. The van der Waals surface area contributed by atoms with Crippen molar-refractivity contribution in [1.82, 2.24) is 4.98 Å². The number of aromatic nitrogens is 1. The van der Waals surface area contributed by atoms with E-state index in [1.54, 1.807) is 0 Å². The number of aryl methyl sites for hydroxylation is 1. The maximum atomic E-state index is 11.4. The van der Waals surface area contributed by atoms with Crippen LogP contribution in [0.1, 0.15) is 38.2 Å². The number of carbonyl (C=O) groups excluding carboxylic acids is 1. The Balaban J connectivity index is 1.52. The molecule has 4 aromatic rings. The summed E-state index contributed by atoms with van der Waals surface area (Å²) in [5.41, 5.74) is 3.58. The van der Waals surface area contributed by atoms with E-state index in [0.717, 1.165) is 58.0 Å². The normalized spacial score (nSPS) is 11.2. The summed E-state index contributed by atoms with van der Waals surface area (Å²) in [7, 11) is 0. The van der Waals surface area contributed by atoms with Gasteiger partial charge in [-0.3, -0.25) is 4.79 Å². The first kappa shape index (κ1) is 20.9. The number of oxazole rings is 1. The fraction of sp³-hybridized carbons (Fsp3) is 0.308. The number of ether oxygens (including phenoxy) is 2. The summed E-state index contributed by atoms with van der Waals surface area (Å²) < 4.78 is 17.2. The second-order valence-corrected chi connectivity index (χ2v) is 7.65. The zero-order valence-electron chi connectivity index (χ0n) is 18.0. The largest absolute Gasteiger partial charge is 0.493 e. The maximum absolute atomic E-state index is 11.4. The van der Waals surface area contributed by atoms with Gasteiger partial charge in [0.2, 0.25) is 5.89 Å². The molecule has 0 spiro atoms. The van der Waals surface area contributed by atoms with E-state index in [0.29, 0.717) is 25.5 Å². The van der Waals surface area contributed by atoms with Crippen LogP contribution in [-0.2, 0) is 9.53 Å². The number of benzene rings is 3. The third kappa shape index (κ3) is 5.05. The van der Waals surface area contributed by atoms with Gasteiger partial charge in [0, 0.05) is 6.42 Å². The lowest BCUT2D eigenvalue weighted by atomic mass is 10.1. The van der Waals surface area contributed by atoms with E-state index >= 15 is 0 Å². The predicted molar refractivity (Wildman–Crippen MR) is 122 cm³/mol. The quantitative estimate of drug-likeness (QED) is 0.231. The lowest BCUT2D eigenvalue weighted by Gasteiger charge is -2.11. The fourth-order valence-corrected chi connectivity index (χ4v) is 3.62. The van der Waals surface area contributed by atoms with Gasteiger partial charge in [0.25, 0.3) is 0 Å². The van der Waals surface area contributed by atoms with Gasteiger partial charge in [-0.1, -0.05) is 30.3 Å². The Hall–Kier alpha value is -3.34. The average Bonchev–Trinajstić information content (AvgIpc) is 3.18. The molecule has 0 saturated carbocycles. The van der Waals surface area contributed by atoms with E-state index in [2.05, 4.69) is 23.2 Å². The molecule has 0 unspecified atom stereocenters. The first-order valence-corrected chi connectivity index (χ1v) is 10.8. The van der Waals surface area contributed by atoms with Crippen molar-refractivity contribution in [3.05, 3.63) is 60.2 Å². The van der Waals surface area contributed by atoms with Crippen LogP contribution in [0.4, 0.5) is 0 Å². The summed E-state index contributed by atoms with van der Waals surface area (Å²) in [6.45, 7) is 4.86.